The molecule has 0 aromatic heterocycles. The minimum absolute atomic E-state index is 0.746. The van der Waals surface area contributed by atoms with E-state index in [0.717, 1.165) is 12.0 Å². The van der Waals surface area contributed by atoms with E-state index in [4.69, 9.17) is 5.41 Å². The lowest BCUT2D eigenvalue weighted by molar-refractivity contribution is 1.32. The first kappa shape index (κ1) is 7.89. The van der Waals surface area contributed by atoms with Gasteiger partial charge in [-0.1, -0.05) is 24.8 Å². The molecule has 0 aromatic rings. The van der Waals surface area contributed by atoms with Crippen LogP contribution in [0.4, 0.5) is 0 Å². The van der Waals surface area contributed by atoms with Crippen LogP contribution in [0.15, 0.2) is 37.0 Å². The van der Waals surface area contributed by atoms with Gasteiger partial charge in [-0.25, -0.2) is 0 Å². The first-order valence-corrected chi connectivity index (χ1v) is 2.78. The van der Waals surface area contributed by atoms with Gasteiger partial charge < -0.3 is 5.41 Å². The van der Waals surface area contributed by atoms with Gasteiger partial charge in [0, 0.05) is 6.21 Å². The second kappa shape index (κ2) is 5.04. The summed E-state index contributed by atoms with van der Waals surface area (Å²) in [6, 6.07) is 0. The zero-order valence-corrected chi connectivity index (χ0v) is 5.43. The van der Waals surface area contributed by atoms with Crippen molar-refractivity contribution in [1.82, 2.24) is 0 Å². The van der Waals surface area contributed by atoms with Crippen molar-refractivity contribution in [1.29, 1.82) is 5.41 Å². The van der Waals surface area contributed by atoms with Gasteiger partial charge in [0.25, 0.3) is 0 Å². The van der Waals surface area contributed by atoms with Gasteiger partial charge in [-0.05, 0) is 12.0 Å². The summed E-state index contributed by atoms with van der Waals surface area (Å²) in [5.74, 6) is 0. The van der Waals surface area contributed by atoms with Crippen molar-refractivity contribution in [2.45, 2.75) is 6.42 Å². The van der Waals surface area contributed by atoms with Crippen molar-refractivity contribution in [2.75, 3.05) is 0 Å². The molecule has 1 nitrogen and oxygen atoms in total. The van der Waals surface area contributed by atoms with Crippen molar-refractivity contribution in [3.63, 3.8) is 0 Å². The molecule has 1 heteroatoms. The Kier molecular flexibility index (Phi) is 4.41. The van der Waals surface area contributed by atoms with E-state index in [1.807, 2.05) is 0 Å². The number of rotatable bonds is 4. The van der Waals surface area contributed by atoms with Crippen LogP contribution in [-0.4, -0.2) is 6.21 Å². The third-order valence-electron chi connectivity index (χ3n) is 0.897. The Morgan fingerprint density at radius 2 is 2.11 bits per heavy atom. The van der Waals surface area contributed by atoms with E-state index in [1.165, 1.54) is 6.21 Å². The molecule has 0 unspecified atom stereocenters. The molecule has 0 heterocycles. The van der Waals surface area contributed by atoms with Gasteiger partial charge in [-0.3, -0.25) is 0 Å². The Bertz CT molecular complexity index is 143. The van der Waals surface area contributed by atoms with E-state index in [1.54, 1.807) is 18.2 Å². The summed E-state index contributed by atoms with van der Waals surface area (Å²) in [5, 5.41) is 6.88. The van der Waals surface area contributed by atoms with E-state index < -0.39 is 0 Å². The fourth-order valence-corrected chi connectivity index (χ4v) is 0.493. The second-order valence-corrected chi connectivity index (χ2v) is 1.61. The van der Waals surface area contributed by atoms with Crippen LogP contribution in [0.3, 0.4) is 0 Å². The topological polar surface area (TPSA) is 23.9 Å². The summed E-state index contributed by atoms with van der Waals surface area (Å²) >= 11 is 0. The summed E-state index contributed by atoms with van der Waals surface area (Å²) in [6.07, 6.45) is 7.29. The molecule has 0 aliphatic carbocycles. The lowest BCUT2D eigenvalue weighted by atomic mass is 10.2. The number of allylic oxidation sites excluding steroid dienone is 4. The van der Waals surface area contributed by atoms with Crippen molar-refractivity contribution in [3.8, 4) is 0 Å². The quantitative estimate of drug-likeness (QED) is 0.335. The molecule has 0 atom stereocenters. The second-order valence-electron chi connectivity index (χ2n) is 1.61. The predicted molar refractivity (Wildman–Crippen MR) is 41.9 cm³/mol. The first-order chi connectivity index (χ1) is 4.35. The summed E-state index contributed by atoms with van der Waals surface area (Å²) in [5.41, 5.74) is 0.931. The molecule has 0 spiro atoms. The van der Waals surface area contributed by atoms with Crippen molar-refractivity contribution < 1.29 is 0 Å². The number of hydrogen-bond donors (Lipinski definition) is 1. The molecule has 0 aliphatic heterocycles. The lowest BCUT2D eigenvalue weighted by Crippen LogP contribution is -1.78. The highest BCUT2D eigenvalue weighted by Crippen LogP contribution is 1.96. The van der Waals surface area contributed by atoms with Crippen LogP contribution in [0.5, 0.6) is 0 Å². The lowest BCUT2D eigenvalue weighted by Gasteiger charge is -1.89. The van der Waals surface area contributed by atoms with E-state index in [0.29, 0.717) is 0 Å². The molecule has 0 bridgehead atoms. The summed E-state index contributed by atoms with van der Waals surface area (Å²) in [6.45, 7) is 7.07. The highest BCUT2D eigenvalue weighted by Gasteiger charge is 1.83. The van der Waals surface area contributed by atoms with E-state index >= 15 is 0 Å². The van der Waals surface area contributed by atoms with Crippen LogP contribution in [0, 0.1) is 5.41 Å². The average Bonchev–Trinajstić information content (AvgIpc) is 1.88. The van der Waals surface area contributed by atoms with Crippen LogP contribution in [0.25, 0.3) is 0 Å². The maximum absolute atomic E-state index is 6.88. The molecule has 0 amide bonds. The highest BCUT2D eigenvalue weighted by molar-refractivity contribution is 5.76. The Hall–Kier alpha value is -1.11. The molecule has 0 aliphatic rings. The Morgan fingerprint density at radius 3 is 2.44 bits per heavy atom. The van der Waals surface area contributed by atoms with Crippen LogP contribution >= 0.6 is 0 Å². The number of hydrogen-bond acceptors (Lipinski definition) is 1. The van der Waals surface area contributed by atoms with Crippen molar-refractivity contribution in [3.05, 3.63) is 37.0 Å². The third-order valence-corrected chi connectivity index (χ3v) is 0.897. The number of nitrogens with one attached hydrogen (secondary N) is 1. The molecule has 0 radical (unpaired) electrons. The maximum atomic E-state index is 6.88. The van der Waals surface area contributed by atoms with E-state index in [2.05, 4.69) is 13.2 Å². The molecule has 0 fully saturated rings. The van der Waals surface area contributed by atoms with Crippen molar-refractivity contribution in [2.24, 2.45) is 0 Å². The Balaban J connectivity index is 3.95. The van der Waals surface area contributed by atoms with Crippen LogP contribution < -0.4 is 0 Å². The van der Waals surface area contributed by atoms with E-state index in [-0.39, 0.29) is 0 Å². The molecular formula is C8H11N. The molecule has 0 saturated carbocycles. The molecule has 0 saturated heterocycles. The van der Waals surface area contributed by atoms with Crippen LogP contribution in [0.2, 0.25) is 0 Å². The van der Waals surface area contributed by atoms with Gasteiger partial charge in [0.2, 0.25) is 0 Å². The van der Waals surface area contributed by atoms with Crippen molar-refractivity contribution >= 4 is 6.21 Å². The first-order valence-electron chi connectivity index (χ1n) is 2.78. The normalized spacial score (nSPS) is 10.4. The summed E-state index contributed by atoms with van der Waals surface area (Å²) in [4.78, 5) is 0. The van der Waals surface area contributed by atoms with Gasteiger partial charge in [0.05, 0.1) is 0 Å². The van der Waals surface area contributed by atoms with Crippen LogP contribution in [0.1, 0.15) is 6.42 Å². The van der Waals surface area contributed by atoms with Gasteiger partial charge in [-0.15, -0.1) is 6.58 Å². The molecule has 9 heavy (non-hydrogen) atoms. The minimum atomic E-state index is 0.746. The van der Waals surface area contributed by atoms with Gasteiger partial charge >= 0.3 is 0 Å². The Morgan fingerprint density at radius 1 is 1.44 bits per heavy atom. The predicted octanol–water partition coefficient (Wildman–Crippen LogP) is 2.32. The SMILES string of the molecule is C=C/C=C(\C=N)CC=C. The minimum Gasteiger partial charge on any atom is -0.308 e. The standard InChI is InChI=1S/C8H11N/c1-3-5-8(7-9)6-4-2/h3-5,7,9H,1-2,6H2/b8-5-,9-7?. The highest BCUT2D eigenvalue weighted by atomic mass is 14.3. The Labute approximate surface area is 55.9 Å². The molecule has 48 valence electrons. The smallest absolute Gasteiger partial charge is 0.0212 e. The van der Waals surface area contributed by atoms with Crippen LogP contribution in [-0.2, 0) is 0 Å². The average molecular weight is 121 g/mol. The molecule has 0 aromatic carbocycles. The molecule has 1 N–H and O–H groups in total. The monoisotopic (exact) mass is 121 g/mol. The summed E-state index contributed by atoms with van der Waals surface area (Å²) < 4.78 is 0. The van der Waals surface area contributed by atoms with Gasteiger partial charge in [0.15, 0.2) is 0 Å². The fourth-order valence-electron chi connectivity index (χ4n) is 0.493. The zero-order valence-electron chi connectivity index (χ0n) is 5.43. The molecule has 0 rings (SSSR count). The fraction of sp³-hybridized carbons (Fsp3) is 0.125. The largest absolute Gasteiger partial charge is 0.308 e. The molecular weight excluding hydrogens is 110 g/mol. The third kappa shape index (κ3) is 3.47. The zero-order chi connectivity index (χ0) is 7.11. The summed E-state index contributed by atoms with van der Waals surface area (Å²) in [7, 11) is 0. The van der Waals surface area contributed by atoms with Gasteiger partial charge in [0.1, 0.15) is 0 Å². The van der Waals surface area contributed by atoms with Gasteiger partial charge in [-0.2, -0.15) is 0 Å². The van der Waals surface area contributed by atoms with E-state index in [9.17, 15) is 0 Å². The maximum Gasteiger partial charge on any atom is 0.0212 e.